The van der Waals surface area contributed by atoms with Crippen LogP contribution in [0.25, 0.3) is 11.3 Å². The Bertz CT molecular complexity index is 927. The maximum atomic E-state index is 12.2. The number of carbonyl (C=O) groups excluding carboxylic acids is 1. The SMILES string of the molecule is C#CCNCCCCC(=O)Nc1cccc(-c2n[nH]c(=O)c3c2CCCC3)c1. The number of rotatable bonds is 8. The van der Waals surface area contributed by atoms with Crippen molar-refractivity contribution in [3.8, 4) is 23.6 Å². The molecule has 1 aliphatic carbocycles. The van der Waals surface area contributed by atoms with Crippen LogP contribution in [0.5, 0.6) is 0 Å². The highest BCUT2D eigenvalue weighted by Crippen LogP contribution is 2.29. The van der Waals surface area contributed by atoms with Gasteiger partial charge in [0.25, 0.3) is 5.56 Å². The van der Waals surface area contributed by atoms with Crippen LogP contribution in [0.4, 0.5) is 5.69 Å². The number of aromatic amines is 1. The number of hydrogen-bond acceptors (Lipinski definition) is 4. The van der Waals surface area contributed by atoms with Crippen molar-refractivity contribution >= 4 is 11.6 Å². The molecule has 1 heterocycles. The molecule has 2 aromatic rings. The molecule has 0 fully saturated rings. The highest BCUT2D eigenvalue weighted by Gasteiger charge is 2.19. The Hall–Kier alpha value is -2.91. The molecular weight excluding hydrogens is 352 g/mol. The quantitative estimate of drug-likeness (QED) is 0.487. The number of terminal acetylenes is 1. The minimum atomic E-state index is -0.0837. The average molecular weight is 378 g/mol. The lowest BCUT2D eigenvalue weighted by Gasteiger charge is -2.17. The third-order valence-electron chi connectivity index (χ3n) is 4.95. The molecule has 146 valence electrons. The van der Waals surface area contributed by atoms with Crippen LogP contribution in [0.15, 0.2) is 29.1 Å². The van der Waals surface area contributed by atoms with Crippen LogP contribution in [-0.2, 0) is 17.6 Å². The molecule has 0 unspecified atom stereocenters. The molecule has 28 heavy (non-hydrogen) atoms. The molecular formula is C22H26N4O2. The van der Waals surface area contributed by atoms with Crippen molar-refractivity contribution in [2.24, 2.45) is 0 Å². The standard InChI is InChI=1S/C22H26N4O2/c1-2-13-23-14-6-5-12-20(27)24-17-9-7-8-16(15-17)21-18-10-3-4-11-19(18)22(28)26-25-21/h1,7-9,15,23H,3-6,10-14H2,(H,24,27)(H,26,28). The van der Waals surface area contributed by atoms with Crippen molar-refractivity contribution in [2.75, 3.05) is 18.4 Å². The summed E-state index contributed by atoms with van der Waals surface area (Å²) in [4.78, 5) is 24.3. The number of H-pyrrole nitrogens is 1. The average Bonchev–Trinajstić information content (AvgIpc) is 2.71. The summed E-state index contributed by atoms with van der Waals surface area (Å²) in [6.45, 7) is 1.37. The molecule has 0 saturated carbocycles. The van der Waals surface area contributed by atoms with Crippen LogP contribution >= 0.6 is 0 Å². The molecule has 0 atom stereocenters. The van der Waals surface area contributed by atoms with Crippen LogP contribution in [0.2, 0.25) is 0 Å². The summed E-state index contributed by atoms with van der Waals surface area (Å²) < 4.78 is 0. The predicted molar refractivity (Wildman–Crippen MR) is 111 cm³/mol. The van der Waals surface area contributed by atoms with Crippen molar-refractivity contribution in [2.45, 2.75) is 44.9 Å². The van der Waals surface area contributed by atoms with E-state index in [1.165, 1.54) is 0 Å². The molecule has 0 bridgehead atoms. The molecule has 1 aliphatic rings. The number of hydrogen-bond donors (Lipinski definition) is 3. The lowest BCUT2D eigenvalue weighted by Crippen LogP contribution is -2.21. The van der Waals surface area contributed by atoms with E-state index in [4.69, 9.17) is 6.42 Å². The van der Waals surface area contributed by atoms with E-state index in [1.807, 2.05) is 24.3 Å². The predicted octanol–water partition coefficient (Wildman–Crippen LogP) is 2.65. The normalized spacial score (nSPS) is 12.8. The van der Waals surface area contributed by atoms with Crippen LogP contribution in [0.3, 0.4) is 0 Å². The Kier molecular flexibility index (Phi) is 6.99. The summed E-state index contributed by atoms with van der Waals surface area (Å²) >= 11 is 0. The van der Waals surface area contributed by atoms with Crippen molar-refractivity contribution in [1.82, 2.24) is 15.5 Å². The van der Waals surface area contributed by atoms with Crippen LogP contribution in [0.1, 0.15) is 43.2 Å². The van der Waals surface area contributed by atoms with Gasteiger partial charge in [-0.1, -0.05) is 18.1 Å². The van der Waals surface area contributed by atoms with Gasteiger partial charge in [0.1, 0.15) is 0 Å². The third-order valence-corrected chi connectivity index (χ3v) is 4.95. The summed E-state index contributed by atoms with van der Waals surface area (Å²) in [6.07, 6.45) is 11.1. The van der Waals surface area contributed by atoms with Gasteiger partial charge in [0, 0.05) is 23.2 Å². The molecule has 1 aromatic carbocycles. The summed E-state index contributed by atoms with van der Waals surface area (Å²) in [5, 5.41) is 13.0. The number of amides is 1. The number of nitrogens with one attached hydrogen (secondary N) is 3. The van der Waals surface area contributed by atoms with Crippen LogP contribution < -0.4 is 16.2 Å². The molecule has 0 radical (unpaired) electrons. The van der Waals surface area contributed by atoms with E-state index in [1.54, 1.807) is 0 Å². The molecule has 0 saturated heterocycles. The first-order valence-corrected chi connectivity index (χ1v) is 9.84. The van der Waals surface area contributed by atoms with Crippen molar-refractivity contribution in [3.05, 3.63) is 45.7 Å². The maximum Gasteiger partial charge on any atom is 0.267 e. The van der Waals surface area contributed by atoms with E-state index in [-0.39, 0.29) is 11.5 Å². The van der Waals surface area contributed by atoms with Gasteiger partial charge in [-0.25, -0.2) is 5.10 Å². The first-order valence-electron chi connectivity index (χ1n) is 9.84. The van der Waals surface area contributed by atoms with Gasteiger partial charge in [-0.15, -0.1) is 6.42 Å². The Balaban J connectivity index is 1.64. The molecule has 6 heteroatoms. The van der Waals surface area contributed by atoms with Gasteiger partial charge in [-0.2, -0.15) is 5.10 Å². The summed E-state index contributed by atoms with van der Waals surface area (Å²) in [5.41, 5.74) is 4.27. The number of anilines is 1. The number of benzene rings is 1. The minimum Gasteiger partial charge on any atom is -0.326 e. The summed E-state index contributed by atoms with van der Waals surface area (Å²) in [5.74, 6) is 2.52. The Morgan fingerprint density at radius 1 is 1.21 bits per heavy atom. The zero-order chi connectivity index (χ0) is 19.8. The Morgan fingerprint density at radius 3 is 2.86 bits per heavy atom. The molecule has 0 aliphatic heterocycles. The van der Waals surface area contributed by atoms with E-state index in [9.17, 15) is 9.59 Å². The van der Waals surface area contributed by atoms with Gasteiger partial charge in [0.05, 0.1) is 12.2 Å². The van der Waals surface area contributed by atoms with Gasteiger partial charge >= 0.3 is 0 Å². The van der Waals surface area contributed by atoms with Crippen molar-refractivity contribution in [3.63, 3.8) is 0 Å². The fraction of sp³-hybridized carbons (Fsp3) is 0.409. The molecule has 6 nitrogen and oxygen atoms in total. The van der Waals surface area contributed by atoms with E-state index in [2.05, 4.69) is 26.8 Å². The summed E-state index contributed by atoms with van der Waals surface area (Å²) in [7, 11) is 0. The Morgan fingerprint density at radius 2 is 2.04 bits per heavy atom. The highest BCUT2D eigenvalue weighted by atomic mass is 16.1. The first kappa shape index (κ1) is 19.8. The smallest absolute Gasteiger partial charge is 0.267 e. The zero-order valence-corrected chi connectivity index (χ0v) is 16.0. The maximum absolute atomic E-state index is 12.2. The van der Waals surface area contributed by atoms with Gasteiger partial charge < -0.3 is 10.6 Å². The molecule has 1 aromatic heterocycles. The van der Waals surface area contributed by atoms with Gasteiger partial charge in [0.2, 0.25) is 5.91 Å². The topological polar surface area (TPSA) is 86.9 Å². The second kappa shape index (κ2) is 9.86. The van der Waals surface area contributed by atoms with E-state index >= 15 is 0 Å². The summed E-state index contributed by atoms with van der Waals surface area (Å²) in [6, 6.07) is 7.65. The highest BCUT2D eigenvalue weighted by molar-refractivity contribution is 5.91. The lowest BCUT2D eigenvalue weighted by molar-refractivity contribution is -0.116. The van der Waals surface area contributed by atoms with Crippen LogP contribution in [0, 0.1) is 12.3 Å². The molecule has 1 amide bonds. The lowest BCUT2D eigenvalue weighted by atomic mass is 9.90. The number of nitrogens with zero attached hydrogens (tertiary/aromatic N) is 1. The second-order valence-corrected chi connectivity index (χ2v) is 7.03. The largest absolute Gasteiger partial charge is 0.326 e. The van der Waals surface area contributed by atoms with Gasteiger partial charge in [-0.3, -0.25) is 9.59 Å². The van der Waals surface area contributed by atoms with E-state index in [0.29, 0.717) is 13.0 Å². The fourth-order valence-corrected chi connectivity index (χ4v) is 3.56. The monoisotopic (exact) mass is 378 g/mol. The molecule has 3 N–H and O–H groups in total. The van der Waals surface area contributed by atoms with E-state index < -0.39 is 0 Å². The van der Waals surface area contributed by atoms with Crippen LogP contribution in [-0.4, -0.2) is 29.2 Å². The molecule has 0 spiro atoms. The number of carbonyl (C=O) groups is 1. The fourth-order valence-electron chi connectivity index (χ4n) is 3.56. The van der Waals surface area contributed by atoms with Gasteiger partial charge in [-0.05, 0) is 62.8 Å². The first-order chi connectivity index (χ1) is 13.7. The number of aromatic nitrogens is 2. The number of fused-ring (bicyclic) bond motifs is 1. The zero-order valence-electron chi connectivity index (χ0n) is 16.0. The van der Waals surface area contributed by atoms with Crippen molar-refractivity contribution < 1.29 is 4.79 Å². The third kappa shape index (κ3) is 5.08. The molecule has 3 rings (SSSR count). The van der Waals surface area contributed by atoms with Crippen molar-refractivity contribution in [1.29, 1.82) is 0 Å². The second-order valence-electron chi connectivity index (χ2n) is 7.03. The van der Waals surface area contributed by atoms with E-state index in [0.717, 1.165) is 73.1 Å². The minimum absolute atomic E-state index is 0.00874. The van der Waals surface area contributed by atoms with Gasteiger partial charge in [0.15, 0.2) is 0 Å². The Labute approximate surface area is 165 Å². The number of unbranched alkanes of at least 4 members (excludes halogenated alkanes) is 1.